The van der Waals surface area contributed by atoms with Crippen LogP contribution in [-0.2, 0) is 0 Å². The average molecular weight is 264 g/mol. The largest absolute Gasteiger partial charge is 0.399 e. The van der Waals surface area contributed by atoms with Crippen LogP contribution in [0.25, 0.3) is 11.4 Å². The van der Waals surface area contributed by atoms with E-state index in [4.69, 9.17) is 17.3 Å². The third-order valence-electron chi connectivity index (χ3n) is 3.41. The molecule has 1 aliphatic carbocycles. The lowest BCUT2D eigenvalue weighted by atomic mass is 10.1. The van der Waals surface area contributed by atoms with Crippen LogP contribution in [-0.4, -0.2) is 20.2 Å². The third kappa shape index (κ3) is 1.95. The van der Waals surface area contributed by atoms with E-state index in [1.54, 1.807) is 12.1 Å². The molecule has 0 aliphatic heterocycles. The Morgan fingerprint density at radius 1 is 1.44 bits per heavy atom. The molecule has 94 valence electrons. The first-order valence-electron chi connectivity index (χ1n) is 6.00. The Balaban J connectivity index is 2.06. The molecule has 5 nitrogen and oxygen atoms in total. The van der Waals surface area contributed by atoms with Crippen molar-refractivity contribution in [3.05, 3.63) is 23.2 Å². The van der Waals surface area contributed by atoms with Crippen LogP contribution in [0.3, 0.4) is 0 Å². The summed E-state index contributed by atoms with van der Waals surface area (Å²) in [7, 11) is 0. The predicted molar refractivity (Wildman–Crippen MR) is 70.1 cm³/mol. The summed E-state index contributed by atoms with van der Waals surface area (Å²) < 4.78 is 1.85. The molecule has 2 aromatic rings. The number of nitrogen functional groups attached to an aromatic ring is 1. The number of nitrogens with two attached hydrogens (primary N) is 1. The Morgan fingerprint density at radius 3 is 2.94 bits per heavy atom. The van der Waals surface area contributed by atoms with Crippen LogP contribution in [0.1, 0.15) is 25.8 Å². The molecule has 0 saturated heterocycles. The lowest BCUT2D eigenvalue weighted by Gasteiger charge is -2.13. The highest BCUT2D eigenvalue weighted by molar-refractivity contribution is 6.33. The van der Waals surface area contributed by atoms with Gasteiger partial charge in [-0.2, -0.15) is 0 Å². The number of hydrogen-bond acceptors (Lipinski definition) is 4. The van der Waals surface area contributed by atoms with Crippen molar-refractivity contribution in [1.29, 1.82) is 0 Å². The summed E-state index contributed by atoms with van der Waals surface area (Å²) in [6.45, 7) is 2.14. The van der Waals surface area contributed by atoms with Crippen LogP contribution >= 0.6 is 11.6 Å². The number of nitrogens with zero attached hydrogens (tertiary/aromatic N) is 4. The molecule has 0 amide bonds. The van der Waals surface area contributed by atoms with Gasteiger partial charge in [-0.25, -0.2) is 4.68 Å². The van der Waals surface area contributed by atoms with Gasteiger partial charge in [-0.15, -0.1) is 5.10 Å². The molecule has 3 rings (SSSR count). The van der Waals surface area contributed by atoms with E-state index < -0.39 is 0 Å². The van der Waals surface area contributed by atoms with E-state index in [0.717, 1.165) is 5.56 Å². The van der Waals surface area contributed by atoms with Gasteiger partial charge in [-0.3, -0.25) is 0 Å². The molecule has 0 spiro atoms. The fourth-order valence-corrected chi connectivity index (χ4v) is 2.34. The first kappa shape index (κ1) is 11.5. The minimum absolute atomic E-state index is 0.299. The molecule has 6 heteroatoms. The van der Waals surface area contributed by atoms with Crippen molar-refractivity contribution in [2.45, 2.75) is 25.8 Å². The smallest absolute Gasteiger partial charge is 0.183 e. The zero-order valence-corrected chi connectivity index (χ0v) is 10.8. The summed E-state index contributed by atoms with van der Waals surface area (Å²) in [5.41, 5.74) is 7.24. The maximum Gasteiger partial charge on any atom is 0.183 e. The fraction of sp³-hybridized carbons (Fsp3) is 0.417. The number of tetrazole rings is 1. The normalized spacial score (nSPS) is 16.8. The molecule has 1 saturated carbocycles. The number of anilines is 1. The van der Waals surface area contributed by atoms with E-state index in [2.05, 4.69) is 22.4 Å². The first-order valence-corrected chi connectivity index (χ1v) is 6.38. The monoisotopic (exact) mass is 263 g/mol. The number of benzene rings is 1. The Bertz CT molecular complexity index is 576. The molecule has 1 aliphatic rings. The lowest BCUT2D eigenvalue weighted by molar-refractivity contribution is 0.433. The van der Waals surface area contributed by atoms with Crippen molar-refractivity contribution >= 4 is 17.3 Å². The highest BCUT2D eigenvalue weighted by Gasteiger charge is 2.31. The Labute approximate surface area is 110 Å². The van der Waals surface area contributed by atoms with Crippen molar-refractivity contribution in [2.75, 3.05) is 5.73 Å². The second kappa shape index (κ2) is 4.24. The second-order valence-electron chi connectivity index (χ2n) is 4.76. The van der Waals surface area contributed by atoms with Gasteiger partial charge >= 0.3 is 0 Å². The highest BCUT2D eigenvalue weighted by atomic mass is 35.5. The van der Waals surface area contributed by atoms with E-state index in [1.807, 2.05) is 10.7 Å². The standard InChI is InChI=1S/C12H14ClN5/c1-7(8-2-3-8)18-12(15-16-17-18)10-6-9(14)4-5-11(10)13/h4-8H,2-3,14H2,1H3. The van der Waals surface area contributed by atoms with E-state index in [-0.39, 0.29) is 0 Å². The fourth-order valence-electron chi connectivity index (χ4n) is 2.14. The topological polar surface area (TPSA) is 69.6 Å². The summed E-state index contributed by atoms with van der Waals surface area (Å²) in [5.74, 6) is 1.36. The molecule has 0 radical (unpaired) electrons. The molecule has 2 N–H and O–H groups in total. The number of hydrogen-bond donors (Lipinski definition) is 1. The minimum Gasteiger partial charge on any atom is -0.399 e. The van der Waals surface area contributed by atoms with Gasteiger partial charge in [-0.1, -0.05) is 11.6 Å². The van der Waals surface area contributed by atoms with E-state index >= 15 is 0 Å². The SMILES string of the molecule is CC(C1CC1)n1nnnc1-c1cc(N)ccc1Cl. The molecular formula is C12H14ClN5. The van der Waals surface area contributed by atoms with Crippen LogP contribution in [0.2, 0.25) is 5.02 Å². The third-order valence-corrected chi connectivity index (χ3v) is 3.74. The summed E-state index contributed by atoms with van der Waals surface area (Å²) >= 11 is 6.20. The van der Waals surface area contributed by atoms with Crippen molar-refractivity contribution in [2.24, 2.45) is 5.92 Å². The lowest BCUT2D eigenvalue weighted by Crippen LogP contribution is -2.11. The predicted octanol–water partition coefficient (Wildman–Crippen LogP) is 2.55. The van der Waals surface area contributed by atoms with Gasteiger partial charge in [0.05, 0.1) is 11.1 Å². The van der Waals surface area contributed by atoms with Gasteiger partial charge in [0.25, 0.3) is 0 Å². The van der Waals surface area contributed by atoms with Crippen LogP contribution in [0.4, 0.5) is 5.69 Å². The molecule has 1 aromatic heterocycles. The maximum absolute atomic E-state index is 6.20. The molecule has 1 fully saturated rings. The van der Waals surface area contributed by atoms with Crippen molar-refractivity contribution in [3.8, 4) is 11.4 Å². The van der Waals surface area contributed by atoms with E-state index in [1.165, 1.54) is 12.8 Å². The second-order valence-corrected chi connectivity index (χ2v) is 5.17. The molecule has 1 atom stereocenters. The Morgan fingerprint density at radius 2 is 2.22 bits per heavy atom. The van der Waals surface area contributed by atoms with Crippen LogP contribution in [0.15, 0.2) is 18.2 Å². The molecule has 1 unspecified atom stereocenters. The van der Waals surface area contributed by atoms with Crippen molar-refractivity contribution < 1.29 is 0 Å². The Kier molecular flexibility index (Phi) is 2.70. The van der Waals surface area contributed by atoms with Gasteiger partial charge in [0.15, 0.2) is 5.82 Å². The van der Waals surface area contributed by atoms with Crippen LogP contribution in [0, 0.1) is 5.92 Å². The molecule has 18 heavy (non-hydrogen) atoms. The minimum atomic E-state index is 0.299. The van der Waals surface area contributed by atoms with Gasteiger partial charge in [0, 0.05) is 11.3 Å². The summed E-state index contributed by atoms with van der Waals surface area (Å²) in [4.78, 5) is 0. The van der Waals surface area contributed by atoms with Gasteiger partial charge in [0.1, 0.15) is 0 Å². The Hall–Kier alpha value is -1.62. The number of halogens is 1. The van der Waals surface area contributed by atoms with E-state index in [0.29, 0.717) is 28.5 Å². The summed E-state index contributed by atoms with van der Waals surface area (Å²) in [6.07, 6.45) is 2.48. The molecule has 0 bridgehead atoms. The first-order chi connectivity index (χ1) is 8.66. The summed E-state index contributed by atoms with van der Waals surface area (Å²) in [5, 5.41) is 12.5. The van der Waals surface area contributed by atoms with Crippen LogP contribution < -0.4 is 5.73 Å². The zero-order chi connectivity index (χ0) is 12.7. The highest BCUT2D eigenvalue weighted by Crippen LogP contribution is 2.40. The number of rotatable bonds is 3. The van der Waals surface area contributed by atoms with Crippen molar-refractivity contribution in [3.63, 3.8) is 0 Å². The molecule has 1 aromatic carbocycles. The van der Waals surface area contributed by atoms with Gasteiger partial charge < -0.3 is 5.73 Å². The van der Waals surface area contributed by atoms with E-state index in [9.17, 15) is 0 Å². The van der Waals surface area contributed by atoms with Crippen LogP contribution in [0.5, 0.6) is 0 Å². The maximum atomic E-state index is 6.20. The molecular weight excluding hydrogens is 250 g/mol. The zero-order valence-electron chi connectivity index (χ0n) is 10.0. The number of aromatic nitrogens is 4. The quantitative estimate of drug-likeness (QED) is 0.864. The van der Waals surface area contributed by atoms with Gasteiger partial charge in [0.2, 0.25) is 0 Å². The summed E-state index contributed by atoms with van der Waals surface area (Å²) in [6, 6.07) is 5.65. The van der Waals surface area contributed by atoms with Gasteiger partial charge in [-0.05, 0) is 54.3 Å². The molecule has 1 heterocycles. The van der Waals surface area contributed by atoms with Crippen molar-refractivity contribution in [1.82, 2.24) is 20.2 Å². The average Bonchev–Trinajstić information content (AvgIpc) is 3.09.